The Balaban J connectivity index is 2.38. The number of hydrogen-bond donors (Lipinski definition) is 1. The number of aliphatic hydroxyl groups is 1. The van der Waals surface area contributed by atoms with Gasteiger partial charge in [-0.3, -0.25) is 9.69 Å². The molecule has 0 aromatic carbocycles. The number of aliphatic hydroxyl groups excluding tert-OH is 1. The lowest BCUT2D eigenvalue weighted by atomic mass is 9.95. The number of rotatable bonds is 5. The molecule has 0 spiro atoms. The molecule has 94 valence electrons. The Morgan fingerprint density at radius 1 is 1.56 bits per heavy atom. The van der Waals surface area contributed by atoms with E-state index in [9.17, 15) is 9.90 Å². The number of carbonyl (C=O) groups is 1. The third-order valence-corrected chi connectivity index (χ3v) is 2.92. The number of ether oxygens (including phenoxy) is 2. The first-order valence-electron chi connectivity index (χ1n) is 5.75. The van der Waals surface area contributed by atoms with Gasteiger partial charge in [-0.05, 0) is 13.3 Å². The van der Waals surface area contributed by atoms with Crippen LogP contribution in [0, 0.1) is 5.92 Å². The molecule has 2 atom stereocenters. The first-order valence-corrected chi connectivity index (χ1v) is 5.75. The Hall–Kier alpha value is -0.650. The van der Waals surface area contributed by atoms with Crippen LogP contribution in [-0.4, -0.2) is 62.0 Å². The van der Waals surface area contributed by atoms with Gasteiger partial charge in [0.15, 0.2) is 0 Å². The molecule has 0 radical (unpaired) electrons. The monoisotopic (exact) mass is 231 g/mol. The summed E-state index contributed by atoms with van der Waals surface area (Å²) >= 11 is 0. The zero-order valence-electron chi connectivity index (χ0n) is 10.0. The van der Waals surface area contributed by atoms with E-state index in [1.165, 1.54) is 7.11 Å². The minimum Gasteiger partial charge on any atom is -0.469 e. The summed E-state index contributed by atoms with van der Waals surface area (Å²) in [6, 6.07) is 0. The summed E-state index contributed by atoms with van der Waals surface area (Å²) in [5.74, 6) is -0.742. The molecule has 0 saturated carbocycles. The van der Waals surface area contributed by atoms with E-state index in [-0.39, 0.29) is 5.97 Å². The van der Waals surface area contributed by atoms with Crippen molar-refractivity contribution in [1.29, 1.82) is 0 Å². The SMILES string of the molecule is CCOCCN1CC[C@@H](O)[C@H](C(=O)OC)C1. The van der Waals surface area contributed by atoms with E-state index in [1.54, 1.807) is 0 Å². The van der Waals surface area contributed by atoms with Crippen LogP contribution in [0.4, 0.5) is 0 Å². The van der Waals surface area contributed by atoms with Gasteiger partial charge in [0.2, 0.25) is 0 Å². The lowest BCUT2D eigenvalue weighted by molar-refractivity contribution is -0.152. The lowest BCUT2D eigenvalue weighted by Gasteiger charge is -2.34. The molecule has 1 heterocycles. The molecule has 1 rings (SSSR count). The summed E-state index contributed by atoms with van der Waals surface area (Å²) in [5.41, 5.74) is 0. The lowest BCUT2D eigenvalue weighted by Crippen LogP contribution is -2.47. The summed E-state index contributed by atoms with van der Waals surface area (Å²) in [7, 11) is 1.36. The first kappa shape index (κ1) is 13.4. The largest absolute Gasteiger partial charge is 0.469 e. The van der Waals surface area contributed by atoms with Gasteiger partial charge < -0.3 is 14.6 Å². The zero-order valence-corrected chi connectivity index (χ0v) is 10.0. The van der Waals surface area contributed by atoms with Gasteiger partial charge in [0.25, 0.3) is 0 Å². The van der Waals surface area contributed by atoms with Gasteiger partial charge in [0.1, 0.15) is 0 Å². The standard InChI is InChI=1S/C11H21NO4/c1-3-16-7-6-12-5-4-10(13)9(8-12)11(14)15-2/h9-10,13H,3-8H2,1-2H3/t9-,10-/m1/s1. The van der Waals surface area contributed by atoms with Crippen molar-refractivity contribution in [2.75, 3.05) is 40.0 Å². The fraction of sp³-hybridized carbons (Fsp3) is 0.909. The third kappa shape index (κ3) is 3.73. The van der Waals surface area contributed by atoms with E-state index in [0.29, 0.717) is 26.2 Å². The van der Waals surface area contributed by atoms with Crippen LogP contribution in [0.2, 0.25) is 0 Å². The van der Waals surface area contributed by atoms with E-state index >= 15 is 0 Å². The van der Waals surface area contributed by atoms with E-state index in [2.05, 4.69) is 9.64 Å². The third-order valence-electron chi connectivity index (χ3n) is 2.92. The highest BCUT2D eigenvalue weighted by Gasteiger charge is 2.33. The van der Waals surface area contributed by atoms with Gasteiger partial charge in [-0.2, -0.15) is 0 Å². The number of methoxy groups -OCH3 is 1. The molecule has 0 aromatic heterocycles. The normalized spacial score (nSPS) is 26.7. The molecule has 0 aliphatic carbocycles. The maximum absolute atomic E-state index is 11.4. The van der Waals surface area contributed by atoms with Crippen LogP contribution in [0.1, 0.15) is 13.3 Å². The van der Waals surface area contributed by atoms with Gasteiger partial charge >= 0.3 is 5.97 Å². The summed E-state index contributed by atoms with van der Waals surface area (Å²) in [6.07, 6.45) is 0.0436. The number of nitrogens with zero attached hydrogens (tertiary/aromatic N) is 1. The van der Waals surface area contributed by atoms with Gasteiger partial charge in [-0.1, -0.05) is 0 Å². The van der Waals surface area contributed by atoms with E-state index in [1.807, 2.05) is 6.92 Å². The van der Waals surface area contributed by atoms with Crippen molar-refractivity contribution in [3.8, 4) is 0 Å². The number of piperidine rings is 1. The van der Waals surface area contributed by atoms with Crippen molar-refractivity contribution in [3.05, 3.63) is 0 Å². The zero-order chi connectivity index (χ0) is 12.0. The highest BCUT2D eigenvalue weighted by atomic mass is 16.5. The second-order valence-electron chi connectivity index (χ2n) is 3.98. The number of carbonyl (C=O) groups excluding carboxylic acids is 1. The van der Waals surface area contributed by atoms with Crippen molar-refractivity contribution >= 4 is 5.97 Å². The fourth-order valence-electron chi connectivity index (χ4n) is 1.93. The van der Waals surface area contributed by atoms with Gasteiger partial charge in [-0.25, -0.2) is 0 Å². The van der Waals surface area contributed by atoms with Crippen LogP contribution in [-0.2, 0) is 14.3 Å². The molecule has 0 amide bonds. The van der Waals surface area contributed by atoms with Crippen molar-refractivity contribution in [3.63, 3.8) is 0 Å². The van der Waals surface area contributed by atoms with E-state index in [0.717, 1.165) is 13.1 Å². The van der Waals surface area contributed by atoms with Crippen molar-refractivity contribution in [2.45, 2.75) is 19.4 Å². The topological polar surface area (TPSA) is 59.0 Å². The van der Waals surface area contributed by atoms with Crippen LogP contribution in [0.25, 0.3) is 0 Å². The smallest absolute Gasteiger partial charge is 0.312 e. The Kier molecular flexibility index (Phi) is 5.73. The Morgan fingerprint density at radius 3 is 2.94 bits per heavy atom. The molecule has 5 heteroatoms. The molecule has 0 aromatic rings. The number of hydrogen-bond acceptors (Lipinski definition) is 5. The molecule has 5 nitrogen and oxygen atoms in total. The van der Waals surface area contributed by atoms with E-state index < -0.39 is 12.0 Å². The quantitative estimate of drug-likeness (QED) is 0.528. The van der Waals surface area contributed by atoms with Crippen molar-refractivity contribution in [1.82, 2.24) is 4.90 Å². The highest BCUT2D eigenvalue weighted by Crippen LogP contribution is 2.18. The van der Waals surface area contributed by atoms with Crippen LogP contribution < -0.4 is 0 Å². The maximum atomic E-state index is 11.4. The Labute approximate surface area is 96.3 Å². The Morgan fingerprint density at radius 2 is 2.31 bits per heavy atom. The molecular weight excluding hydrogens is 210 g/mol. The number of esters is 1. The molecule has 1 saturated heterocycles. The second kappa shape index (κ2) is 6.83. The van der Waals surface area contributed by atoms with Crippen LogP contribution in [0.5, 0.6) is 0 Å². The molecule has 1 aliphatic heterocycles. The van der Waals surface area contributed by atoms with Gasteiger partial charge in [0.05, 0.1) is 25.7 Å². The van der Waals surface area contributed by atoms with Crippen molar-refractivity contribution < 1.29 is 19.4 Å². The second-order valence-corrected chi connectivity index (χ2v) is 3.98. The molecule has 1 fully saturated rings. The van der Waals surface area contributed by atoms with Gasteiger partial charge in [-0.15, -0.1) is 0 Å². The highest BCUT2D eigenvalue weighted by molar-refractivity contribution is 5.73. The molecule has 16 heavy (non-hydrogen) atoms. The molecule has 1 aliphatic rings. The molecule has 1 N–H and O–H groups in total. The number of likely N-dealkylation sites (tertiary alicyclic amines) is 1. The Bertz CT molecular complexity index is 222. The predicted molar refractivity (Wildman–Crippen MR) is 59.1 cm³/mol. The minimum atomic E-state index is -0.573. The average Bonchev–Trinajstić information content (AvgIpc) is 2.30. The van der Waals surface area contributed by atoms with Crippen LogP contribution in [0.3, 0.4) is 0 Å². The average molecular weight is 231 g/mol. The van der Waals surface area contributed by atoms with Crippen molar-refractivity contribution in [2.24, 2.45) is 5.92 Å². The molecular formula is C11H21NO4. The molecule has 0 bridgehead atoms. The molecule has 0 unspecified atom stereocenters. The van der Waals surface area contributed by atoms with Crippen LogP contribution in [0.15, 0.2) is 0 Å². The maximum Gasteiger partial charge on any atom is 0.312 e. The minimum absolute atomic E-state index is 0.325. The van der Waals surface area contributed by atoms with E-state index in [4.69, 9.17) is 4.74 Å². The summed E-state index contributed by atoms with van der Waals surface area (Å²) in [6.45, 7) is 5.49. The summed E-state index contributed by atoms with van der Waals surface area (Å²) in [4.78, 5) is 13.5. The van der Waals surface area contributed by atoms with Gasteiger partial charge in [0, 0.05) is 26.2 Å². The fourth-order valence-corrected chi connectivity index (χ4v) is 1.93. The predicted octanol–water partition coefficient (Wildman–Crippen LogP) is -0.121. The van der Waals surface area contributed by atoms with Crippen LogP contribution >= 0.6 is 0 Å². The summed E-state index contributed by atoms with van der Waals surface area (Å²) in [5, 5.41) is 9.70. The first-order chi connectivity index (χ1) is 7.69. The summed E-state index contributed by atoms with van der Waals surface area (Å²) < 4.78 is 9.94.